The van der Waals surface area contributed by atoms with Crippen LogP contribution in [0.15, 0.2) is 22.7 Å². The molecule has 1 aliphatic heterocycles. The van der Waals surface area contributed by atoms with Crippen LogP contribution in [0.1, 0.15) is 18.4 Å². The van der Waals surface area contributed by atoms with Crippen LogP contribution in [0, 0.1) is 5.92 Å². The van der Waals surface area contributed by atoms with Crippen molar-refractivity contribution in [2.45, 2.75) is 19.4 Å². The van der Waals surface area contributed by atoms with E-state index in [0.29, 0.717) is 0 Å². The highest BCUT2D eigenvalue weighted by molar-refractivity contribution is 9.10. The van der Waals surface area contributed by atoms with Crippen LogP contribution in [-0.2, 0) is 11.3 Å². The Bertz CT molecular complexity index is 391. The molecule has 1 fully saturated rings. The fourth-order valence-corrected chi connectivity index (χ4v) is 2.82. The van der Waals surface area contributed by atoms with Crippen LogP contribution in [0.5, 0.6) is 0 Å². The summed E-state index contributed by atoms with van der Waals surface area (Å²) in [7, 11) is 2.12. The Morgan fingerprint density at radius 3 is 2.72 bits per heavy atom. The molecule has 3 nitrogen and oxygen atoms in total. The summed E-state index contributed by atoms with van der Waals surface area (Å²) in [6, 6.07) is 6.11. The Morgan fingerprint density at radius 2 is 2.11 bits per heavy atom. The molecule has 0 saturated carbocycles. The van der Waals surface area contributed by atoms with E-state index in [1.807, 2.05) is 6.07 Å². The van der Waals surface area contributed by atoms with Crippen molar-refractivity contribution in [3.05, 3.63) is 28.2 Å². The van der Waals surface area contributed by atoms with Gasteiger partial charge in [-0.15, -0.1) is 0 Å². The van der Waals surface area contributed by atoms with Gasteiger partial charge in [0.25, 0.3) is 0 Å². The van der Waals surface area contributed by atoms with Crippen LogP contribution in [0.4, 0.5) is 5.69 Å². The van der Waals surface area contributed by atoms with Crippen molar-refractivity contribution in [2.75, 3.05) is 31.7 Å². The Balaban J connectivity index is 1.99. The van der Waals surface area contributed by atoms with Crippen LogP contribution < -0.4 is 4.90 Å². The molecular weight excluding hydrogens is 294 g/mol. The quantitative estimate of drug-likeness (QED) is 0.927. The third-order valence-electron chi connectivity index (χ3n) is 3.52. The Labute approximate surface area is 117 Å². The zero-order valence-corrected chi connectivity index (χ0v) is 12.3. The van der Waals surface area contributed by atoms with Crippen molar-refractivity contribution in [3.63, 3.8) is 0 Å². The van der Waals surface area contributed by atoms with Gasteiger partial charge in [0.15, 0.2) is 0 Å². The molecule has 2 rings (SSSR count). The number of anilines is 1. The number of hydrogen-bond acceptors (Lipinski definition) is 3. The summed E-state index contributed by atoms with van der Waals surface area (Å²) in [5.41, 5.74) is 2.11. The van der Waals surface area contributed by atoms with E-state index < -0.39 is 0 Å². The summed E-state index contributed by atoms with van der Waals surface area (Å²) in [5, 5.41) is 9.15. The summed E-state index contributed by atoms with van der Waals surface area (Å²) in [6.45, 7) is 2.93. The zero-order chi connectivity index (χ0) is 13.0. The number of halogens is 1. The fourth-order valence-electron chi connectivity index (χ4n) is 2.32. The number of nitrogens with zero attached hydrogens (tertiary/aromatic N) is 1. The van der Waals surface area contributed by atoms with Crippen molar-refractivity contribution >= 4 is 21.6 Å². The SMILES string of the molecule is CN(CC1CCOCC1)c1ccc(CO)c(Br)c1. The first kappa shape index (κ1) is 13.8. The van der Waals surface area contributed by atoms with E-state index in [-0.39, 0.29) is 6.61 Å². The largest absolute Gasteiger partial charge is 0.392 e. The third-order valence-corrected chi connectivity index (χ3v) is 4.26. The van der Waals surface area contributed by atoms with Gasteiger partial charge in [0, 0.05) is 37.0 Å². The molecule has 1 aliphatic rings. The van der Waals surface area contributed by atoms with E-state index in [0.717, 1.165) is 48.6 Å². The van der Waals surface area contributed by atoms with Crippen molar-refractivity contribution in [1.29, 1.82) is 0 Å². The molecule has 0 radical (unpaired) electrons. The van der Waals surface area contributed by atoms with Crippen LogP contribution >= 0.6 is 15.9 Å². The third kappa shape index (κ3) is 3.46. The monoisotopic (exact) mass is 313 g/mol. The van der Waals surface area contributed by atoms with Crippen molar-refractivity contribution in [3.8, 4) is 0 Å². The normalized spacial score (nSPS) is 16.8. The van der Waals surface area contributed by atoms with Gasteiger partial charge in [-0.1, -0.05) is 22.0 Å². The topological polar surface area (TPSA) is 32.7 Å². The van der Waals surface area contributed by atoms with E-state index in [4.69, 9.17) is 9.84 Å². The van der Waals surface area contributed by atoms with E-state index in [1.54, 1.807) is 0 Å². The van der Waals surface area contributed by atoms with Crippen LogP contribution in [-0.4, -0.2) is 31.9 Å². The molecule has 0 spiro atoms. The lowest BCUT2D eigenvalue weighted by Gasteiger charge is -2.28. The highest BCUT2D eigenvalue weighted by Gasteiger charge is 2.16. The van der Waals surface area contributed by atoms with E-state index in [9.17, 15) is 0 Å². The summed E-state index contributed by atoms with van der Waals surface area (Å²) >= 11 is 3.49. The molecule has 1 aromatic rings. The first-order valence-corrected chi connectivity index (χ1v) is 7.18. The Kier molecular flexibility index (Phi) is 5.03. The minimum atomic E-state index is 0.0739. The predicted molar refractivity (Wildman–Crippen MR) is 76.9 cm³/mol. The van der Waals surface area contributed by atoms with Gasteiger partial charge in [-0.25, -0.2) is 0 Å². The number of benzene rings is 1. The van der Waals surface area contributed by atoms with E-state index in [2.05, 4.69) is 40.0 Å². The summed E-state index contributed by atoms with van der Waals surface area (Å²) in [6.07, 6.45) is 2.31. The molecule has 0 atom stereocenters. The van der Waals surface area contributed by atoms with Gasteiger partial charge < -0.3 is 14.7 Å². The smallest absolute Gasteiger partial charge is 0.0692 e. The number of rotatable bonds is 4. The molecule has 0 unspecified atom stereocenters. The average Bonchev–Trinajstić information content (AvgIpc) is 2.39. The molecule has 1 N–H and O–H groups in total. The second-order valence-corrected chi connectivity index (χ2v) is 5.72. The fraction of sp³-hybridized carbons (Fsp3) is 0.571. The number of aliphatic hydroxyl groups is 1. The Hall–Kier alpha value is -0.580. The van der Waals surface area contributed by atoms with Gasteiger partial charge in [-0.3, -0.25) is 0 Å². The second kappa shape index (κ2) is 6.55. The summed E-state index contributed by atoms with van der Waals surface area (Å²) in [5.74, 6) is 0.722. The molecule has 0 aromatic heterocycles. The summed E-state index contributed by atoms with van der Waals surface area (Å²) < 4.78 is 6.36. The second-order valence-electron chi connectivity index (χ2n) is 4.87. The van der Waals surface area contributed by atoms with Gasteiger partial charge in [-0.2, -0.15) is 0 Å². The molecule has 1 heterocycles. The number of aliphatic hydroxyl groups excluding tert-OH is 1. The highest BCUT2D eigenvalue weighted by Crippen LogP contribution is 2.25. The first-order valence-electron chi connectivity index (χ1n) is 6.39. The molecule has 0 aliphatic carbocycles. The maximum Gasteiger partial charge on any atom is 0.0692 e. The number of ether oxygens (including phenoxy) is 1. The molecule has 18 heavy (non-hydrogen) atoms. The van der Waals surface area contributed by atoms with Crippen molar-refractivity contribution in [1.82, 2.24) is 0 Å². The van der Waals surface area contributed by atoms with Gasteiger partial charge in [-0.05, 0) is 36.5 Å². The lowest BCUT2D eigenvalue weighted by atomic mass is 9.99. The van der Waals surface area contributed by atoms with Crippen LogP contribution in [0.2, 0.25) is 0 Å². The highest BCUT2D eigenvalue weighted by atomic mass is 79.9. The van der Waals surface area contributed by atoms with Gasteiger partial charge in [0.2, 0.25) is 0 Å². The zero-order valence-electron chi connectivity index (χ0n) is 10.7. The molecule has 100 valence electrons. The van der Waals surface area contributed by atoms with E-state index in [1.165, 1.54) is 5.69 Å². The molecular formula is C14H20BrNO2. The average molecular weight is 314 g/mol. The van der Waals surface area contributed by atoms with Crippen molar-refractivity contribution < 1.29 is 9.84 Å². The van der Waals surface area contributed by atoms with E-state index >= 15 is 0 Å². The van der Waals surface area contributed by atoms with Crippen molar-refractivity contribution in [2.24, 2.45) is 5.92 Å². The number of hydrogen-bond donors (Lipinski definition) is 1. The molecule has 0 amide bonds. The minimum absolute atomic E-state index is 0.0739. The standard InChI is InChI=1S/C14H20BrNO2/c1-16(9-11-4-6-18-7-5-11)13-3-2-12(10-17)14(15)8-13/h2-3,8,11,17H,4-7,9-10H2,1H3. The summed E-state index contributed by atoms with van der Waals surface area (Å²) in [4.78, 5) is 2.28. The lowest BCUT2D eigenvalue weighted by molar-refractivity contribution is 0.0685. The predicted octanol–water partition coefficient (Wildman–Crippen LogP) is 2.80. The minimum Gasteiger partial charge on any atom is -0.392 e. The first-order chi connectivity index (χ1) is 8.70. The van der Waals surface area contributed by atoms with Crippen LogP contribution in [0.3, 0.4) is 0 Å². The maximum atomic E-state index is 9.15. The molecule has 4 heteroatoms. The maximum absolute atomic E-state index is 9.15. The van der Waals surface area contributed by atoms with Crippen LogP contribution in [0.25, 0.3) is 0 Å². The Morgan fingerprint density at radius 1 is 1.39 bits per heavy atom. The van der Waals surface area contributed by atoms with Gasteiger partial charge in [0.05, 0.1) is 6.61 Å². The molecule has 1 aromatic carbocycles. The van der Waals surface area contributed by atoms with Gasteiger partial charge in [0.1, 0.15) is 0 Å². The lowest BCUT2D eigenvalue weighted by Crippen LogP contribution is -2.29. The molecule has 1 saturated heterocycles. The molecule has 0 bridgehead atoms. The van der Waals surface area contributed by atoms with Gasteiger partial charge >= 0.3 is 0 Å².